The normalized spacial score (nSPS) is 13.1. The van der Waals surface area contributed by atoms with Gasteiger partial charge in [-0.1, -0.05) is 6.92 Å². The first kappa shape index (κ1) is 15.6. The van der Waals surface area contributed by atoms with Crippen LogP contribution in [0.2, 0.25) is 0 Å². The summed E-state index contributed by atoms with van der Waals surface area (Å²) in [5, 5.41) is 10.6. The molecule has 0 aliphatic rings. The number of nitrogens with zero attached hydrogens (tertiary/aromatic N) is 4. The molecule has 7 nitrogen and oxygen atoms in total. The Bertz CT molecular complexity index is 707. The maximum Gasteiger partial charge on any atom is 0.233 e. The molecule has 1 heterocycles. The standard InChI is InChI=1S/C11H13ClFN5O2S/c1-8(5-12)6-21(19,20)15-11-4-9(2-3-10(11)13)18-7-14-16-17-18/h2-4,7-8,15H,5-6H2,1H3. The molecule has 2 aromatic rings. The van der Waals surface area contributed by atoms with E-state index >= 15 is 0 Å². The highest BCUT2D eigenvalue weighted by molar-refractivity contribution is 7.92. The molecule has 1 aromatic heterocycles. The summed E-state index contributed by atoms with van der Waals surface area (Å²) in [6.07, 6.45) is 1.32. The number of nitrogens with one attached hydrogen (secondary N) is 1. The fourth-order valence-corrected chi connectivity index (χ4v) is 3.32. The second-order valence-corrected chi connectivity index (χ2v) is 6.64. The lowest BCUT2D eigenvalue weighted by atomic mass is 10.3. The van der Waals surface area contributed by atoms with Gasteiger partial charge in [0.1, 0.15) is 12.1 Å². The maximum absolute atomic E-state index is 13.7. The van der Waals surface area contributed by atoms with Crippen LogP contribution in [0.15, 0.2) is 24.5 Å². The van der Waals surface area contributed by atoms with Gasteiger partial charge in [-0.05, 0) is 34.5 Å². The molecular weight excluding hydrogens is 321 g/mol. The highest BCUT2D eigenvalue weighted by atomic mass is 35.5. The van der Waals surface area contributed by atoms with Gasteiger partial charge in [0.2, 0.25) is 10.0 Å². The first-order valence-electron chi connectivity index (χ1n) is 6.00. The number of hydrogen-bond acceptors (Lipinski definition) is 5. The van der Waals surface area contributed by atoms with Crippen molar-refractivity contribution in [2.45, 2.75) is 6.92 Å². The number of halogens is 2. The maximum atomic E-state index is 13.7. The number of anilines is 1. The van der Waals surface area contributed by atoms with Crippen molar-refractivity contribution in [1.29, 1.82) is 0 Å². The number of alkyl halides is 1. The Morgan fingerprint density at radius 2 is 2.24 bits per heavy atom. The molecule has 0 spiro atoms. The molecule has 0 aliphatic heterocycles. The van der Waals surface area contributed by atoms with Crippen LogP contribution in [0.3, 0.4) is 0 Å². The molecule has 2 rings (SSSR count). The van der Waals surface area contributed by atoms with Gasteiger partial charge in [-0.25, -0.2) is 17.5 Å². The zero-order valence-electron chi connectivity index (χ0n) is 11.1. The van der Waals surface area contributed by atoms with Gasteiger partial charge < -0.3 is 0 Å². The van der Waals surface area contributed by atoms with E-state index in [1.54, 1.807) is 6.92 Å². The fraction of sp³-hybridized carbons (Fsp3) is 0.364. The molecule has 21 heavy (non-hydrogen) atoms. The Labute approximate surface area is 126 Å². The van der Waals surface area contributed by atoms with Gasteiger partial charge in [-0.2, -0.15) is 0 Å². The first-order valence-corrected chi connectivity index (χ1v) is 8.19. The molecule has 0 bridgehead atoms. The third-order valence-electron chi connectivity index (χ3n) is 2.60. The minimum absolute atomic E-state index is 0.162. The van der Waals surface area contributed by atoms with E-state index < -0.39 is 15.8 Å². The molecule has 0 aliphatic carbocycles. The quantitative estimate of drug-likeness (QED) is 0.807. The van der Waals surface area contributed by atoms with Crippen LogP contribution < -0.4 is 4.72 Å². The highest BCUT2D eigenvalue weighted by Crippen LogP contribution is 2.20. The van der Waals surface area contributed by atoms with E-state index in [4.69, 9.17) is 11.6 Å². The largest absolute Gasteiger partial charge is 0.280 e. The monoisotopic (exact) mass is 333 g/mol. The molecule has 114 valence electrons. The summed E-state index contributed by atoms with van der Waals surface area (Å²) in [7, 11) is -3.69. The average molecular weight is 334 g/mol. The van der Waals surface area contributed by atoms with E-state index in [2.05, 4.69) is 20.2 Å². The summed E-state index contributed by atoms with van der Waals surface area (Å²) in [4.78, 5) is 0. The van der Waals surface area contributed by atoms with Crippen molar-refractivity contribution in [2.75, 3.05) is 16.4 Å². The minimum Gasteiger partial charge on any atom is -0.280 e. The van der Waals surface area contributed by atoms with Crippen LogP contribution in [-0.4, -0.2) is 40.3 Å². The Hall–Kier alpha value is -1.74. The molecular formula is C11H13ClFN5O2S. The molecule has 1 unspecified atom stereocenters. The van der Waals surface area contributed by atoms with Gasteiger partial charge in [0.15, 0.2) is 0 Å². The van der Waals surface area contributed by atoms with Crippen LogP contribution in [0.5, 0.6) is 0 Å². The molecule has 0 radical (unpaired) electrons. The second-order valence-electron chi connectivity index (χ2n) is 4.56. The van der Waals surface area contributed by atoms with E-state index in [-0.39, 0.29) is 23.2 Å². The van der Waals surface area contributed by atoms with Gasteiger partial charge >= 0.3 is 0 Å². The van der Waals surface area contributed by atoms with Gasteiger partial charge in [-0.15, -0.1) is 16.7 Å². The Morgan fingerprint density at radius 1 is 1.48 bits per heavy atom. The summed E-state index contributed by atoms with van der Waals surface area (Å²) in [6, 6.07) is 3.89. The van der Waals surface area contributed by atoms with E-state index in [0.717, 1.165) is 6.07 Å². The Morgan fingerprint density at radius 3 is 2.86 bits per heavy atom. The lowest BCUT2D eigenvalue weighted by Crippen LogP contribution is -2.22. The topological polar surface area (TPSA) is 89.8 Å². The number of aromatic nitrogens is 4. The molecule has 0 amide bonds. The molecule has 10 heteroatoms. The van der Waals surface area contributed by atoms with E-state index in [0.29, 0.717) is 5.69 Å². The third-order valence-corrected chi connectivity index (χ3v) is 4.66. The first-order chi connectivity index (χ1) is 9.91. The van der Waals surface area contributed by atoms with Crippen molar-refractivity contribution >= 4 is 27.3 Å². The Kier molecular flexibility index (Phi) is 4.73. The minimum atomic E-state index is -3.69. The summed E-state index contributed by atoms with van der Waals surface area (Å²) >= 11 is 5.59. The molecule has 0 fully saturated rings. The predicted octanol–water partition coefficient (Wildman–Crippen LogP) is 1.42. The van der Waals surface area contributed by atoms with Gasteiger partial charge in [0.05, 0.1) is 17.1 Å². The van der Waals surface area contributed by atoms with Crippen LogP contribution in [0.4, 0.5) is 10.1 Å². The van der Waals surface area contributed by atoms with Gasteiger partial charge in [-0.3, -0.25) is 4.72 Å². The van der Waals surface area contributed by atoms with Crippen molar-refractivity contribution in [3.8, 4) is 5.69 Å². The number of sulfonamides is 1. The van der Waals surface area contributed by atoms with Crippen LogP contribution in [0.1, 0.15) is 6.92 Å². The van der Waals surface area contributed by atoms with Crippen LogP contribution in [-0.2, 0) is 10.0 Å². The van der Waals surface area contributed by atoms with Crippen LogP contribution >= 0.6 is 11.6 Å². The smallest absolute Gasteiger partial charge is 0.233 e. The summed E-state index contributed by atoms with van der Waals surface area (Å²) < 4.78 is 41.1. The van der Waals surface area contributed by atoms with E-state index in [1.165, 1.54) is 23.1 Å². The summed E-state index contributed by atoms with van der Waals surface area (Å²) in [5.41, 5.74) is 0.272. The van der Waals surface area contributed by atoms with Crippen molar-refractivity contribution < 1.29 is 12.8 Å². The zero-order valence-corrected chi connectivity index (χ0v) is 12.6. The predicted molar refractivity (Wildman–Crippen MR) is 76.4 cm³/mol. The van der Waals surface area contributed by atoms with E-state index in [1.807, 2.05) is 0 Å². The number of benzene rings is 1. The van der Waals surface area contributed by atoms with Gasteiger partial charge in [0, 0.05) is 5.88 Å². The molecule has 0 saturated heterocycles. The van der Waals surface area contributed by atoms with Crippen molar-refractivity contribution in [2.24, 2.45) is 5.92 Å². The van der Waals surface area contributed by atoms with E-state index in [9.17, 15) is 12.8 Å². The third kappa shape index (κ3) is 4.11. The zero-order chi connectivity index (χ0) is 15.5. The highest BCUT2D eigenvalue weighted by Gasteiger charge is 2.17. The number of hydrogen-bond donors (Lipinski definition) is 1. The number of rotatable bonds is 6. The van der Waals surface area contributed by atoms with Crippen molar-refractivity contribution in [3.05, 3.63) is 30.3 Å². The van der Waals surface area contributed by atoms with Crippen molar-refractivity contribution in [1.82, 2.24) is 20.2 Å². The summed E-state index contributed by atoms with van der Waals surface area (Å²) in [6.45, 7) is 1.69. The molecule has 0 saturated carbocycles. The average Bonchev–Trinajstić information content (AvgIpc) is 2.94. The SMILES string of the molecule is CC(CCl)CS(=O)(=O)Nc1cc(-n2cnnn2)ccc1F. The van der Waals surface area contributed by atoms with Gasteiger partial charge in [0.25, 0.3) is 0 Å². The second kappa shape index (κ2) is 6.35. The Balaban J connectivity index is 2.26. The van der Waals surface area contributed by atoms with Crippen LogP contribution in [0, 0.1) is 11.7 Å². The number of tetrazole rings is 1. The fourth-order valence-electron chi connectivity index (χ4n) is 1.64. The van der Waals surface area contributed by atoms with Crippen molar-refractivity contribution in [3.63, 3.8) is 0 Å². The molecule has 1 aromatic carbocycles. The van der Waals surface area contributed by atoms with Crippen LogP contribution in [0.25, 0.3) is 5.69 Å². The summed E-state index contributed by atoms with van der Waals surface area (Å²) in [5.74, 6) is -0.914. The lowest BCUT2D eigenvalue weighted by molar-refractivity contribution is 0.586. The molecule has 1 N–H and O–H groups in total. The lowest BCUT2D eigenvalue weighted by Gasteiger charge is -2.12. The molecule has 1 atom stereocenters.